The molecule has 1 aromatic carbocycles. The number of pyridine rings is 2. The van der Waals surface area contributed by atoms with Gasteiger partial charge in [0.2, 0.25) is 5.82 Å². The van der Waals surface area contributed by atoms with Crippen LogP contribution in [0.4, 0.5) is 26.0 Å². The van der Waals surface area contributed by atoms with E-state index >= 15 is 0 Å². The summed E-state index contributed by atoms with van der Waals surface area (Å²) in [6, 6.07) is 8.70. The Morgan fingerprint density at radius 1 is 1.15 bits per heavy atom. The average Bonchev–Trinajstić information content (AvgIpc) is 2.96. The molecule has 39 heavy (non-hydrogen) atoms. The first-order chi connectivity index (χ1) is 19.0. The fourth-order valence-electron chi connectivity index (χ4n) is 5.78. The molecule has 1 atom stereocenters. The van der Waals surface area contributed by atoms with Crippen LogP contribution in [-0.4, -0.2) is 58.6 Å². The first kappa shape index (κ1) is 25.2. The third-order valence-corrected chi connectivity index (χ3v) is 7.59. The number of piperidine rings is 1. The van der Waals surface area contributed by atoms with Gasteiger partial charge in [0.1, 0.15) is 6.61 Å². The monoisotopic (exact) mass is 534 g/mol. The summed E-state index contributed by atoms with van der Waals surface area (Å²) >= 11 is 0. The smallest absolute Gasteiger partial charge is 0.363 e. The Kier molecular flexibility index (Phi) is 6.82. The number of hydrogen-bond acceptors (Lipinski definition) is 8. The second kappa shape index (κ2) is 10.6. The van der Waals surface area contributed by atoms with Gasteiger partial charge in [-0.3, -0.25) is 9.88 Å². The van der Waals surface area contributed by atoms with Gasteiger partial charge in [-0.05, 0) is 70.1 Å². The van der Waals surface area contributed by atoms with Crippen molar-refractivity contribution in [3.05, 3.63) is 93.6 Å². The molecular weight excluding hydrogens is 506 g/mol. The maximum absolute atomic E-state index is 14.4. The predicted octanol–water partition coefficient (Wildman–Crippen LogP) is 4.47. The molecule has 6 rings (SSSR count). The molecule has 2 aromatic heterocycles. The predicted molar refractivity (Wildman–Crippen MR) is 142 cm³/mol. The summed E-state index contributed by atoms with van der Waals surface area (Å²) in [6.07, 6.45) is 9.66. The first-order valence-electron chi connectivity index (χ1n) is 13.0. The summed E-state index contributed by atoms with van der Waals surface area (Å²) in [6.45, 7) is 3.81. The lowest BCUT2D eigenvalue weighted by molar-refractivity contribution is -0.389. The molecule has 1 fully saturated rings. The largest absolute Gasteiger partial charge is 0.486 e. The second-order valence-electron chi connectivity index (χ2n) is 10.1. The van der Waals surface area contributed by atoms with Crippen LogP contribution in [0.5, 0.6) is 5.75 Å². The van der Waals surface area contributed by atoms with Gasteiger partial charge in [-0.25, -0.2) is 4.39 Å². The van der Waals surface area contributed by atoms with Crippen molar-refractivity contribution in [1.82, 2.24) is 14.9 Å². The van der Waals surface area contributed by atoms with Crippen LogP contribution in [-0.2, 0) is 13.0 Å². The number of rotatable bonds is 7. The third-order valence-electron chi connectivity index (χ3n) is 7.59. The van der Waals surface area contributed by atoms with E-state index in [2.05, 4.69) is 26.0 Å². The molecule has 0 N–H and O–H groups in total. The number of ether oxygens (including phenoxy) is 1. The topological polar surface area (TPSA) is 87.9 Å². The molecule has 5 heterocycles. The van der Waals surface area contributed by atoms with E-state index in [1.807, 2.05) is 17.0 Å². The van der Waals surface area contributed by atoms with Crippen molar-refractivity contribution >= 4 is 17.2 Å². The van der Waals surface area contributed by atoms with Crippen molar-refractivity contribution in [2.24, 2.45) is 0 Å². The molecule has 202 valence electrons. The maximum Gasteiger partial charge on any atom is 0.363 e. The zero-order chi connectivity index (χ0) is 26.9. The third kappa shape index (κ3) is 5.14. The molecule has 0 bridgehead atoms. The molecule has 3 aromatic rings. The standard InChI is InChI=1S/C28H28F2N6O3/c29-24-13-21-12-20(16-34-10-11-39-28(26(24)30)27(21)34)17-35(15-19-5-7-31-8-6-19)23-2-1-9-33(18-23)22-3-4-25(32-14-22)36(37)38/h3-8,13-14,16,23H,1-2,9-12,15,17-18H2/t23-/m0/s1. The molecule has 3 aliphatic rings. The van der Waals surface area contributed by atoms with Gasteiger partial charge in [-0.2, -0.15) is 4.39 Å². The summed E-state index contributed by atoms with van der Waals surface area (Å²) in [4.78, 5) is 25.3. The SMILES string of the molecule is O=[N+]([O-])c1ccc(N2CCC[C@H](N(CC3=CN4CCOc5c(F)c(F)cc(c54)C3)Cc3ccncc3)C2)cn1. The molecule has 3 aliphatic heterocycles. The van der Waals surface area contributed by atoms with E-state index < -0.39 is 16.6 Å². The highest BCUT2D eigenvalue weighted by molar-refractivity contribution is 5.70. The number of hydrogen-bond donors (Lipinski definition) is 0. The van der Waals surface area contributed by atoms with Crippen LogP contribution >= 0.6 is 0 Å². The van der Waals surface area contributed by atoms with Crippen LogP contribution < -0.4 is 14.5 Å². The normalized spacial score (nSPS) is 18.4. The number of halogens is 2. The molecule has 0 spiro atoms. The molecule has 0 saturated carbocycles. The summed E-state index contributed by atoms with van der Waals surface area (Å²) in [7, 11) is 0. The Balaban J connectivity index is 1.26. The number of nitro groups is 1. The zero-order valence-electron chi connectivity index (χ0n) is 21.3. The zero-order valence-corrected chi connectivity index (χ0v) is 21.3. The van der Waals surface area contributed by atoms with Crippen LogP contribution in [0.15, 0.2) is 60.7 Å². The van der Waals surface area contributed by atoms with Gasteiger partial charge in [-0.1, -0.05) is 0 Å². The van der Waals surface area contributed by atoms with E-state index in [-0.39, 0.29) is 24.2 Å². The maximum atomic E-state index is 14.4. The number of aromatic nitrogens is 2. The van der Waals surface area contributed by atoms with Crippen molar-refractivity contribution in [1.29, 1.82) is 0 Å². The molecule has 0 aliphatic carbocycles. The fourth-order valence-corrected chi connectivity index (χ4v) is 5.78. The highest BCUT2D eigenvalue weighted by atomic mass is 19.2. The van der Waals surface area contributed by atoms with Crippen LogP contribution in [0, 0.1) is 21.7 Å². The van der Waals surface area contributed by atoms with E-state index in [0.717, 1.165) is 48.3 Å². The van der Waals surface area contributed by atoms with Crippen LogP contribution in [0.3, 0.4) is 0 Å². The number of anilines is 2. The Labute approximate surface area is 224 Å². The number of benzene rings is 1. The Bertz CT molecular complexity index is 1400. The minimum atomic E-state index is -0.933. The average molecular weight is 535 g/mol. The molecule has 1 saturated heterocycles. The Hall–Kier alpha value is -4.12. The summed E-state index contributed by atoms with van der Waals surface area (Å²) in [5.74, 6) is -1.99. The Morgan fingerprint density at radius 3 is 2.77 bits per heavy atom. The van der Waals surface area contributed by atoms with Crippen molar-refractivity contribution in [2.45, 2.75) is 31.8 Å². The van der Waals surface area contributed by atoms with E-state index in [1.165, 1.54) is 12.1 Å². The highest BCUT2D eigenvalue weighted by Gasteiger charge is 2.32. The van der Waals surface area contributed by atoms with Crippen LogP contribution in [0.1, 0.15) is 24.0 Å². The Morgan fingerprint density at radius 2 is 2.00 bits per heavy atom. The summed E-state index contributed by atoms with van der Waals surface area (Å²) in [5.41, 5.74) is 4.46. The van der Waals surface area contributed by atoms with Crippen molar-refractivity contribution in [2.75, 3.05) is 42.6 Å². The van der Waals surface area contributed by atoms with Crippen LogP contribution in [0.2, 0.25) is 0 Å². The minimum absolute atomic E-state index is 0.000165. The van der Waals surface area contributed by atoms with Gasteiger partial charge >= 0.3 is 5.82 Å². The van der Waals surface area contributed by atoms with E-state index in [0.29, 0.717) is 31.7 Å². The minimum Gasteiger partial charge on any atom is -0.486 e. The molecule has 0 unspecified atom stereocenters. The molecular formula is C28H28F2N6O3. The number of nitrogens with zero attached hydrogens (tertiary/aromatic N) is 6. The van der Waals surface area contributed by atoms with E-state index in [9.17, 15) is 18.9 Å². The van der Waals surface area contributed by atoms with Gasteiger partial charge in [-0.15, -0.1) is 0 Å². The van der Waals surface area contributed by atoms with Gasteiger partial charge in [0, 0.05) is 56.9 Å². The highest BCUT2D eigenvalue weighted by Crippen LogP contribution is 2.42. The summed E-state index contributed by atoms with van der Waals surface area (Å²) < 4.78 is 34.3. The second-order valence-corrected chi connectivity index (χ2v) is 10.1. The van der Waals surface area contributed by atoms with Gasteiger partial charge in [0.25, 0.3) is 0 Å². The molecule has 9 nitrogen and oxygen atoms in total. The van der Waals surface area contributed by atoms with Gasteiger partial charge in [0.05, 0.1) is 17.9 Å². The van der Waals surface area contributed by atoms with Crippen molar-refractivity contribution in [3.8, 4) is 5.75 Å². The van der Waals surface area contributed by atoms with Crippen molar-refractivity contribution < 1.29 is 18.4 Å². The van der Waals surface area contributed by atoms with Crippen molar-refractivity contribution in [3.63, 3.8) is 0 Å². The quantitative estimate of drug-likeness (QED) is 0.324. The van der Waals surface area contributed by atoms with Gasteiger partial charge < -0.3 is 24.7 Å². The summed E-state index contributed by atoms with van der Waals surface area (Å²) in [5, 5.41) is 11.0. The lowest BCUT2D eigenvalue weighted by Gasteiger charge is -2.41. The van der Waals surface area contributed by atoms with E-state index in [4.69, 9.17) is 4.74 Å². The van der Waals surface area contributed by atoms with E-state index in [1.54, 1.807) is 24.7 Å². The fraction of sp³-hybridized carbons (Fsp3) is 0.357. The van der Waals surface area contributed by atoms with Crippen LogP contribution in [0.25, 0.3) is 0 Å². The molecule has 0 radical (unpaired) electrons. The first-order valence-corrected chi connectivity index (χ1v) is 13.0. The lowest BCUT2D eigenvalue weighted by atomic mass is 9.95. The molecule has 0 amide bonds. The molecule has 11 heteroatoms. The van der Waals surface area contributed by atoms with Gasteiger partial charge in [0.15, 0.2) is 17.8 Å². The lowest BCUT2D eigenvalue weighted by Crippen LogP contribution is -2.48.